The number of piperidine rings is 1. The van der Waals surface area contributed by atoms with Crippen molar-refractivity contribution in [3.63, 3.8) is 0 Å². The third kappa shape index (κ3) is 4.04. The third-order valence-corrected chi connectivity index (χ3v) is 4.85. The van der Waals surface area contributed by atoms with Crippen molar-refractivity contribution in [1.82, 2.24) is 4.90 Å². The zero-order valence-electron chi connectivity index (χ0n) is 14.6. The quantitative estimate of drug-likeness (QED) is 0.917. The first-order valence-corrected chi connectivity index (χ1v) is 8.77. The van der Waals surface area contributed by atoms with Gasteiger partial charge < -0.3 is 5.32 Å². The van der Waals surface area contributed by atoms with Gasteiger partial charge in [-0.15, -0.1) is 0 Å². The number of benzene rings is 2. The van der Waals surface area contributed by atoms with Gasteiger partial charge in [-0.05, 0) is 49.9 Å². The van der Waals surface area contributed by atoms with Gasteiger partial charge in [0, 0.05) is 18.8 Å². The van der Waals surface area contributed by atoms with Crippen LogP contribution in [0.2, 0.25) is 0 Å². The van der Waals surface area contributed by atoms with Crippen LogP contribution >= 0.6 is 0 Å². The Labute approximate surface area is 144 Å². The van der Waals surface area contributed by atoms with Crippen molar-refractivity contribution < 1.29 is 4.79 Å². The molecule has 126 valence electrons. The van der Waals surface area contributed by atoms with Crippen LogP contribution in [0.3, 0.4) is 0 Å². The van der Waals surface area contributed by atoms with Gasteiger partial charge in [0.15, 0.2) is 0 Å². The number of carbonyl (C=O) groups excluding carboxylic acids is 1. The maximum Gasteiger partial charge on any atom is 0.228 e. The number of rotatable bonds is 4. The molecule has 1 saturated heterocycles. The first-order chi connectivity index (χ1) is 11.6. The van der Waals surface area contributed by atoms with Gasteiger partial charge in [0.2, 0.25) is 5.91 Å². The van der Waals surface area contributed by atoms with E-state index in [1.807, 2.05) is 38.1 Å². The Morgan fingerprint density at radius 3 is 2.50 bits per heavy atom. The summed E-state index contributed by atoms with van der Waals surface area (Å²) < 4.78 is 0. The summed E-state index contributed by atoms with van der Waals surface area (Å²) in [6, 6.07) is 16.6. The zero-order valence-corrected chi connectivity index (χ0v) is 14.6. The van der Waals surface area contributed by atoms with E-state index in [0.717, 1.165) is 49.3 Å². The zero-order chi connectivity index (χ0) is 16.9. The third-order valence-electron chi connectivity index (χ3n) is 4.85. The van der Waals surface area contributed by atoms with Crippen molar-refractivity contribution in [3.05, 3.63) is 65.2 Å². The van der Waals surface area contributed by atoms with Gasteiger partial charge in [-0.25, -0.2) is 0 Å². The number of para-hydroxylation sites is 1. The van der Waals surface area contributed by atoms with Crippen LogP contribution in [-0.2, 0) is 11.3 Å². The number of nitrogens with zero attached hydrogens (tertiary/aromatic N) is 1. The molecule has 1 aliphatic heterocycles. The van der Waals surface area contributed by atoms with E-state index < -0.39 is 0 Å². The van der Waals surface area contributed by atoms with Gasteiger partial charge >= 0.3 is 0 Å². The molecular formula is C21H26N2O. The lowest BCUT2D eigenvalue weighted by atomic mass is 9.96. The standard InChI is InChI=1S/C21H26N2O/c1-16-8-6-9-17(2)20(16)22-21(24)19-12-7-13-23(15-19)14-18-10-4-3-5-11-18/h3-6,8-11,19H,7,12-15H2,1-2H3,(H,22,24)/t19-/m1/s1. The summed E-state index contributed by atoms with van der Waals surface area (Å²) >= 11 is 0. The van der Waals surface area contributed by atoms with Crippen molar-refractivity contribution >= 4 is 11.6 Å². The lowest BCUT2D eigenvalue weighted by molar-refractivity contribution is -0.121. The number of nitrogens with one attached hydrogen (secondary N) is 1. The summed E-state index contributed by atoms with van der Waals surface area (Å²) in [7, 11) is 0. The van der Waals surface area contributed by atoms with Crippen LogP contribution in [0.4, 0.5) is 5.69 Å². The van der Waals surface area contributed by atoms with Crippen molar-refractivity contribution in [2.75, 3.05) is 18.4 Å². The minimum atomic E-state index is 0.0708. The van der Waals surface area contributed by atoms with Crippen LogP contribution in [0.15, 0.2) is 48.5 Å². The molecule has 3 rings (SSSR count). The normalized spacial score (nSPS) is 18.3. The Bertz CT molecular complexity index is 676. The summed E-state index contributed by atoms with van der Waals surface area (Å²) in [5.41, 5.74) is 4.54. The van der Waals surface area contributed by atoms with E-state index in [-0.39, 0.29) is 11.8 Å². The molecule has 0 unspecified atom stereocenters. The van der Waals surface area contributed by atoms with Crippen LogP contribution in [0.1, 0.15) is 29.5 Å². The van der Waals surface area contributed by atoms with E-state index in [2.05, 4.69) is 34.5 Å². The van der Waals surface area contributed by atoms with Gasteiger partial charge in [-0.2, -0.15) is 0 Å². The molecule has 0 radical (unpaired) electrons. The van der Waals surface area contributed by atoms with Gasteiger partial charge in [0.25, 0.3) is 0 Å². The minimum Gasteiger partial charge on any atom is -0.325 e. The Morgan fingerprint density at radius 2 is 1.79 bits per heavy atom. The molecule has 3 heteroatoms. The van der Waals surface area contributed by atoms with Crippen molar-refractivity contribution in [1.29, 1.82) is 0 Å². The van der Waals surface area contributed by atoms with Crippen molar-refractivity contribution in [2.45, 2.75) is 33.2 Å². The average Bonchev–Trinajstić information content (AvgIpc) is 2.59. The van der Waals surface area contributed by atoms with Crippen LogP contribution in [-0.4, -0.2) is 23.9 Å². The van der Waals surface area contributed by atoms with E-state index in [0.29, 0.717) is 0 Å². The van der Waals surface area contributed by atoms with Crippen LogP contribution in [0.25, 0.3) is 0 Å². The smallest absolute Gasteiger partial charge is 0.228 e. The Hall–Kier alpha value is -2.13. The Balaban J connectivity index is 1.63. The molecule has 1 fully saturated rings. The Morgan fingerprint density at radius 1 is 1.08 bits per heavy atom. The molecule has 0 bridgehead atoms. The van der Waals surface area contributed by atoms with Gasteiger partial charge in [-0.3, -0.25) is 9.69 Å². The molecule has 0 saturated carbocycles. The molecule has 2 aromatic carbocycles. The molecule has 24 heavy (non-hydrogen) atoms. The summed E-state index contributed by atoms with van der Waals surface area (Å²) in [4.78, 5) is 15.1. The maximum atomic E-state index is 12.7. The fraction of sp³-hybridized carbons (Fsp3) is 0.381. The number of carbonyl (C=O) groups is 1. The number of aryl methyl sites for hydroxylation is 2. The highest BCUT2D eigenvalue weighted by Gasteiger charge is 2.26. The second kappa shape index (κ2) is 7.63. The molecule has 1 atom stereocenters. The number of hydrogen-bond acceptors (Lipinski definition) is 2. The van der Waals surface area contributed by atoms with Crippen LogP contribution in [0.5, 0.6) is 0 Å². The van der Waals surface area contributed by atoms with Gasteiger partial charge in [-0.1, -0.05) is 48.5 Å². The molecule has 2 aromatic rings. The van der Waals surface area contributed by atoms with E-state index >= 15 is 0 Å². The average molecular weight is 322 g/mol. The molecular weight excluding hydrogens is 296 g/mol. The second-order valence-electron chi connectivity index (χ2n) is 6.82. The minimum absolute atomic E-state index is 0.0708. The number of likely N-dealkylation sites (tertiary alicyclic amines) is 1. The summed E-state index contributed by atoms with van der Waals surface area (Å²) in [5, 5.41) is 3.17. The lowest BCUT2D eigenvalue weighted by Gasteiger charge is -2.32. The molecule has 1 aliphatic rings. The van der Waals surface area contributed by atoms with E-state index in [1.165, 1.54) is 5.56 Å². The van der Waals surface area contributed by atoms with Gasteiger partial charge in [0.1, 0.15) is 0 Å². The first-order valence-electron chi connectivity index (χ1n) is 8.77. The van der Waals surface area contributed by atoms with E-state index in [1.54, 1.807) is 0 Å². The molecule has 1 amide bonds. The highest BCUT2D eigenvalue weighted by atomic mass is 16.1. The fourth-order valence-corrected chi connectivity index (χ4v) is 3.49. The van der Waals surface area contributed by atoms with Crippen LogP contribution in [0, 0.1) is 19.8 Å². The summed E-state index contributed by atoms with van der Waals surface area (Å²) in [6.07, 6.45) is 2.06. The van der Waals surface area contributed by atoms with Crippen molar-refractivity contribution in [3.8, 4) is 0 Å². The monoisotopic (exact) mass is 322 g/mol. The van der Waals surface area contributed by atoms with Gasteiger partial charge in [0.05, 0.1) is 5.92 Å². The van der Waals surface area contributed by atoms with Crippen LogP contribution < -0.4 is 5.32 Å². The van der Waals surface area contributed by atoms with E-state index in [4.69, 9.17) is 0 Å². The maximum absolute atomic E-state index is 12.7. The summed E-state index contributed by atoms with van der Waals surface area (Å²) in [6.45, 7) is 6.93. The predicted octanol–water partition coefficient (Wildman–Crippen LogP) is 4.15. The second-order valence-corrected chi connectivity index (χ2v) is 6.82. The first kappa shape index (κ1) is 16.7. The molecule has 0 spiro atoms. The number of anilines is 1. The Kier molecular flexibility index (Phi) is 5.31. The van der Waals surface area contributed by atoms with E-state index in [9.17, 15) is 4.79 Å². The molecule has 0 aliphatic carbocycles. The summed E-state index contributed by atoms with van der Waals surface area (Å²) in [5.74, 6) is 0.228. The SMILES string of the molecule is Cc1cccc(C)c1NC(=O)[C@@H]1CCCN(Cc2ccccc2)C1. The fourth-order valence-electron chi connectivity index (χ4n) is 3.49. The largest absolute Gasteiger partial charge is 0.325 e. The lowest BCUT2D eigenvalue weighted by Crippen LogP contribution is -2.40. The number of amides is 1. The van der Waals surface area contributed by atoms with Crippen molar-refractivity contribution in [2.24, 2.45) is 5.92 Å². The molecule has 3 nitrogen and oxygen atoms in total. The molecule has 1 N–H and O–H groups in total. The molecule has 1 heterocycles. The topological polar surface area (TPSA) is 32.3 Å². The number of hydrogen-bond donors (Lipinski definition) is 1. The molecule has 0 aromatic heterocycles. The highest BCUT2D eigenvalue weighted by molar-refractivity contribution is 5.94. The predicted molar refractivity (Wildman–Crippen MR) is 99.0 cm³/mol. The highest BCUT2D eigenvalue weighted by Crippen LogP contribution is 2.23.